The Hall–Kier alpha value is -1.66. The molecule has 1 amide bonds. The third kappa shape index (κ3) is 3.33. The molecule has 3 N–H and O–H groups in total. The number of carbonyl (C=O) groups is 1. The van der Waals surface area contributed by atoms with Gasteiger partial charge in [-0.3, -0.25) is 10.1 Å². The summed E-state index contributed by atoms with van der Waals surface area (Å²) in [6.45, 7) is 0.291. The van der Waals surface area contributed by atoms with Gasteiger partial charge < -0.3 is 10.2 Å². The van der Waals surface area contributed by atoms with E-state index in [0.717, 1.165) is 18.5 Å². The van der Waals surface area contributed by atoms with Crippen LogP contribution in [-0.2, 0) is 19.4 Å². The van der Waals surface area contributed by atoms with E-state index in [1.165, 1.54) is 36.8 Å². The molecule has 0 aliphatic heterocycles. The van der Waals surface area contributed by atoms with Gasteiger partial charge in [0.1, 0.15) is 12.0 Å². The second-order valence-corrected chi connectivity index (χ2v) is 6.35. The maximum atomic E-state index is 12.1. The first-order valence-corrected chi connectivity index (χ1v) is 8.15. The number of nitrogens with two attached hydrogens (primary N) is 1. The zero-order chi connectivity index (χ0) is 14.7. The number of hydrogen-bond acceptors (Lipinski definition) is 5. The van der Waals surface area contributed by atoms with E-state index in [9.17, 15) is 4.79 Å². The SMILES string of the molecule is NCc1cc(C(=O)Nc2nc3c(s2)CCCCCC3)co1. The molecule has 3 rings (SSSR count). The maximum absolute atomic E-state index is 12.1. The van der Waals surface area contributed by atoms with Gasteiger partial charge in [-0.1, -0.05) is 12.8 Å². The van der Waals surface area contributed by atoms with Crippen molar-refractivity contribution < 1.29 is 9.21 Å². The standard InChI is InChI=1S/C15H19N3O2S/c16-8-11-7-10(9-20-11)14(19)18-15-17-12-5-3-1-2-4-6-13(12)21-15/h7,9H,1-6,8,16H2,(H,17,18,19). The van der Waals surface area contributed by atoms with Crippen LogP contribution in [0.2, 0.25) is 0 Å². The first-order chi connectivity index (χ1) is 10.3. The van der Waals surface area contributed by atoms with Gasteiger partial charge in [0, 0.05) is 4.88 Å². The van der Waals surface area contributed by atoms with Gasteiger partial charge in [0.25, 0.3) is 5.91 Å². The Morgan fingerprint density at radius 2 is 2.14 bits per heavy atom. The van der Waals surface area contributed by atoms with Crippen LogP contribution in [0.4, 0.5) is 5.13 Å². The van der Waals surface area contributed by atoms with E-state index >= 15 is 0 Å². The summed E-state index contributed by atoms with van der Waals surface area (Å²) >= 11 is 1.60. The van der Waals surface area contributed by atoms with Crippen LogP contribution in [-0.4, -0.2) is 10.9 Å². The van der Waals surface area contributed by atoms with Crippen molar-refractivity contribution in [1.82, 2.24) is 4.98 Å². The van der Waals surface area contributed by atoms with Crippen molar-refractivity contribution in [3.63, 3.8) is 0 Å². The monoisotopic (exact) mass is 305 g/mol. The summed E-state index contributed by atoms with van der Waals surface area (Å²) in [7, 11) is 0. The fraction of sp³-hybridized carbons (Fsp3) is 0.467. The van der Waals surface area contributed by atoms with Gasteiger partial charge >= 0.3 is 0 Å². The summed E-state index contributed by atoms with van der Waals surface area (Å²) < 4.78 is 5.18. The van der Waals surface area contributed by atoms with E-state index in [2.05, 4.69) is 10.3 Å². The Labute approximate surface area is 127 Å². The second kappa shape index (κ2) is 6.41. The van der Waals surface area contributed by atoms with Crippen molar-refractivity contribution >= 4 is 22.4 Å². The normalized spacial score (nSPS) is 15.1. The van der Waals surface area contributed by atoms with Gasteiger partial charge in [-0.25, -0.2) is 4.98 Å². The average molecular weight is 305 g/mol. The molecule has 0 fully saturated rings. The minimum absolute atomic E-state index is 0.194. The predicted molar refractivity (Wildman–Crippen MR) is 82.5 cm³/mol. The van der Waals surface area contributed by atoms with E-state index in [1.807, 2.05) is 0 Å². The number of thiazole rings is 1. The highest BCUT2D eigenvalue weighted by molar-refractivity contribution is 7.15. The van der Waals surface area contributed by atoms with Crippen LogP contribution in [0.1, 0.15) is 52.4 Å². The summed E-state index contributed by atoms with van der Waals surface area (Å²) in [5.41, 5.74) is 7.12. The van der Waals surface area contributed by atoms with E-state index in [0.29, 0.717) is 23.0 Å². The molecule has 0 atom stereocenters. The molecule has 6 heteroatoms. The average Bonchev–Trinajstić information content (AvgIpc) is 3.06. The Morgan fingerprint density at radius 3 is 2.90 bits per heavy atom. The minimum Gasteiger partial charge on any atom is -0.467 e. The molecule has 2 aromatic rings. The molecule has 0 bridgehead atoms. The van der Waals surface area contributed by atoms with Crippen molar-refractivity contribution in [2.45, 2.75) is 45.1 Å². The van der Waals surface area contributed by atoms with Crippen molar-refractivity contribution in [2.75, 3.05) is 5.32 Å². The van der Waals surface area contributed by atoms with E-state index in [1.54, 1.807) is 17.4 Å². The number of rotatable bonds is 3. The lowest BCUT2D eigenvalue weighted by atomic mass is 10.0. The van der Waals surface area contributed by atoms with Gasteiger partial charge in [-0.15, -0.1) is 11.3 Å². The van der Waals surface area contributed by atoms with Gasteiger partial charge in [-0.05, 0) is 31.7 Å². The number of nitrogens with one attached hydrogen (secondary N) is 1. The zero-order valence-corrected chi connectivity index (χ0v) is 12.7. The zero-order valence-electron chi connectivity index (χ0n) is 11.9. The van der Waals surface area contributed by atoms with Gasteiger partial charge in [0.2, 0.25) is 0 Å². The molecule has 1 aliphatic rings. The molecule has 0 saturated carbocycles. The Bertz CT molecular complexity index is 607. The number of hydrogen-bond donors (Lipinski definition) is 2. The quantitative estimate of drug-likeness (QED) is 0.913. The van der Waals surface area contributed by atoms with Crippen molar-refractivity contribution in [3.8, 4) is 0 Å². The van der Waals surface area contributed by atoms with Gasteiger partial charge in [-0.2, -0.15) is 0 Å². The van der Waals surface area contributed by atoms with Crippen LogP contribution in [0.3, 0.4) is 0 Å². The third-order valence-electron chi connectivity index (χ3n) is 3.68. The number of nitrogens with zero attached hydrogens (tertiary/aromatic N) is 1. The number of furan rings is 1. The summed E-state index contributed by atoms with van der Waals surface area (Å²) in [6, 6.07) is 1.67. The van der Waals surface area contributed by atoms with E-state index in [4.69, 9.17) is 10.2 Å². The number of anilines is 1. The summed E-state index contributed by atoms with van der Waals surface area (Å²) in [5, 5.41) is 3.54. The summed E-state index contributed by atoms with van der Waals surface area (Å²) in [5.74, 6) is 0.409. The number of aryl methyl sites for hydroxylation is 2. The summed E-state index contributed by atoms with van der Waals surface area (Å²) in [6.07, 6.45) is 8.49. The fourth-order valence-corrected chi connectivity index (χ4v) is 3.58. The molecule has 2 heterocycles. The largest absolute Gasteiger partial charge is 0.467 e. The van der Waals surface area contributed by atoms with Crippen LogP contribution in [0.25, 0.3) is 0 Å². The molecule has 0 radical (unpaired) electrons. The molecule has 1 aliphatic carbocycles. The number of aromatic nitrogens is 1. The molecule has 0 aromatic carbocycles. The fourth-order valence-electron chi connectivity index (χ4n) is 2.54. The molecule has 21 heavy (non-hydrogen) atoms. The highest BCUT2D eigenvalue weighted by atomic mass is 32.1. The van der Waals surface area contributed by atoms with Crippen LogP contribution >= 0.6 is 11.3 Å². The molecule has 0 unspecified atom stereocenters. The second-order valence-electron chi connectivity index (χ2n) is 5.26. The Kier molecular flexibility index (Phi) is 4.36. The summed E-state index contributed by atoms with van der Waals surface area (Å²) in [4.78, 5) is 18.0. The minimum atomic E-state index is -0.194. The molecule has 0 spiro atoms. The maximum Gasteiger partial charge on any atom is 0.260 e. The number of amides is 1. The first-order valence-electron chi connectivity index (χ1n) is 7.33. The molecule has 0 saturated heterocycles. The highest BCUT2D eigenvalue weighted by Gasteiger charge is 2.16. The Morgan fingerprint density at radius 1 is 1.33 bits per heavy atom. The van der Waals surface area contributed by atoms with E-state index in [-0.39, 0.29) is 5.91 Å². The topological polar surface area (TPSA) is 81.2 Å². The molecule has 2 aromatic heterocycles. The lowest BCUT2D eigenvalue weighted by molar-refractivity contribution is 0.102. The lowest BCUT2D eigenvalue weighted by Crippen LogP contribution is -2.10. The van der Waals surface area contributed by atoms with Gasteiger partial charge in [0.15, 0.2) is 5.13 Å². The van der Waals surface area contributed by atoms with Gasteiger partial charge in [0.05, 0.1) is 17.8 Å². The third-order valence-corrected chi connectivity index (χ3v) is 4.76. The van der Waals surface area contributed by atoms with E-state index < -0.39 is 0 Å². The lowest BCUT2D eigenvalue weighted by Gasteiger charge is -2.06. The predicted octanol–water partition coefficient (Wildman–Crippen LogP) is 3.11. The van der Waals surface area contributed by atoms with Crippen LogP contribution in [0, 0.1) is 0 Å². The van der Waals surface area contributed by atoms with Crippen LogP contribution in [0.5, 0.6) is 0 Å². The number of carbonyl (C=O) groups excluding carboxylic acids is 1. The molecule has 5 nitrogen and oxygen atoms in total. The highest BCUT2D eigenvalue weighted by Crippen LogP contribution is 2.28. The van der Waals surface area contributed by atoms with Crippen LogP contribution in [0.15, 0.2) is 16.7 Å². The first kappa shape index (κ1) is 14.3. The molecule has 112 valence electrons. The van der Waals surface area contributed by atoms with Crippen molar-refractivity contribution in [1.29, 1.82) is 0 Å². The Balaban J connectivity index is 1.72. The van der Waals surface area contributed by atoms with Crippen molar-refractivity contribution in [2.24, 2.45) is 5.73 Å². The molecular formula is C15H19N3O2S. The van der Waals surface area contributed by atoms with Crippen molar-refractivity contribution in [3.05, 3.63) is 34.2 Å². The smallest absolute Gasteiger partial charge is 0.260 e. The van der Waals surface area contributed by atoms with Crippen LogP contribution < -0.4 is 11.1 Å². The number of fused-ring (bicyclic) bond motifs is 1. The molecular weight excluding hydrogens is 286 g/mol.